The number of carbonyl (C=O) groups excluding carboxylic acids is 2. The minimum atomic E-state index is -0.840. The molecule has 130 valence electrons. The monoisotopic (exact) mass is 347 g/mol. The number of anilines is 2. The predicted molar refractivity (Wildman–Crippen MR) is 87.9 cm³/mol. The summed E-state index contributed by atoms with van der Waals surface area (Å²) in [5, 5.41) is 15.3. The summed E-state index contributed by atoms with van der Waals surface area (Å²) >= 11 is 0. The van der Waals surface area contributed by atoms with Crippen LogP contribution in [0.3, 0.4) is 0 Å². The molecule has 0 fully saturated rings. The first-order valence-corrected chi connectivity index (χ1v) is 7.06. The van der Waals surface area contributed by atoms with E-state index in [1.807, 2.05) is 0 Å². The van der Waals surface area contributed by atoms with Crippen LogP contribution in [0.5, 0.6) is 0 Å². The van der Waals surface area contributed by atoms with Crippen LogP contribution in [0.1, 0.15) is 5.56 Å². The molecule has 0 unspecified atom stereocenters. The molecule has 2 aromatic carbocycles. The van der Waals surface area contributed by atoms with Crippen LogP contribution in [-0.2, 0) is 16.0 Å². The van der Waals surface area contributed by atoms with Crippen LogP contribution in [0.2, 0.25) is 0 Å². The number of carbonyl (C=O) groups is 2. The normalized spacial score (nSPS) is 10.0. The van der Waals surface area contributed by atoms with Crippen molar-refractivity contribution < 1.29 is 23.6 Å². The molecule has 25 heavy (non-hydrogen) atoms. The smallest absolute Gasteiger partial charge is 0.411 e. The van der Waals surface area contributed by atoms with Gasteiger partial charge in [0, 0.05) is 17.8 Å². The maximum absolute atomic E-state index is 13.6. The van der Waals surface area contributed by atoms with Gasteiger partial charge in [-0.25, -0.2) is 9.18 Å². The molecule has 0 heterocycles. The Labute approximate surface area is 141 Å². The SMILES string of the molecule is COC(=O)Nc1cc(NC(=O)Cc2ccc([N+](=O)[O-])cc2)ccc1F. The minimum absolute atomic E-state index is 0.0187. The highest BCUT2D eigenvalue weighted by molar-refractivity contribution is 5.93. The molecule has 0 aliphatic heterocycles. The Morgan fingerprint density at radius 3 is 2.44 bits per heavy atom. The van der Waals surface area contributed by atoms with E-state index in [9.17, 15) is 24.1 Å². The number of ether oxygens (including phenoxy) is 1. The van der Waals surface area contributed by atoms with E-state index in [1.165, 1.54) is 36.4 Å². The zero-order chi connectivity index (χ0) is 18.4. The maximum Gasteiger partial charge on any atom is 0.411 e. The molecular weight excluding hydrogens is 333 g/mol. The fourth-order valence-electron chi connectivity index (χ4n) is 1.99. The number of hydrogen-bond acceptors (Lipinski definition) is 5. The molecule has 0 saturated heterocycles. The molecule has 9 heteroatoms. The number of benzene rings is 2. The van der Waals surface area contributed by atoms with Gasteiger partial charge in [0.1, 0.15) is 5.82 Å². The van der Waals surface area contributed by atoms with E-state index in [0.717, 1.165) is 13.2 Å². The predicted octanol–water partition coefficient (Wildman–Crippen LogP) is 3.09. The molecule has 2 rings (SSSR count). The van der Waals surface area contributed by atoms with E-state index in [1.54, 1.807) is 0 Å². The molecular formula is C16H14FN3O5. The molecule has 2 N–H and O–H groups in total. The Morgan fingerprint density at radius 2 is 1.84 bits per heavy atom. The van der Waals surface area contributed by atoms with Crippen molar-refractivity contribution in [2.24, 2.45) is 0 Å². The van der Waals surface area contributed by atoms with Gasteiger partial charge in [0.05, 0.1) is 24.1 Å². The Hall–Kier alpha value is -3.49. The summed E-state index contributed by atoms with van der Waals surface area (Å²) in [7, 11) is 1.14. The quantitative estimate of drug-likeness (QED) is 0.638. The zero-order valence-corrected chi connectivity index (χ0v) is 13.1. The molecule has 0 spiro atoms. The van der Waals surface area contributed by atoms with Crippen molar-refractivity contribution in [2.75, 3.05) is 17.7 Å². The fraction of sp³-hybridized carbons (Fsp3) is 0.125. The van der Waals surface area contributed by atoms with Crippen molar-refractivity contribution in [3.05, 3.63) is 64.0 Å². The lowest BCUT2D eigenvalue weighted by molar-refractivity contribution is -0.384. The fourth-order valence-corrected chi connectivity index (χ4v) is 1.99. The average molecular weight is 347 g/mol. The number of nitro groups is 1. The van der Waals surface area contributed by atoms with Gasteiger partial charge < -0.3 is 10.1 Å². The van der Waals surface area contributed by atoms with Crippen LogP contribution in [0.15, 0.2) is 42.5 Å². The first kappa shape index (κ1) is 17.9. The number of methoxy groups -OCH3 is 1. The first-order valence-electron chi connectivity index (χ1n) is 7.06. The average Bonchev–Trinajstić information content (AvgIpc) is 2.58. The van der Waals surface area contributed by atoms with Gasteiger partial charge in [0.25, 0.3) is 5.69 Å². The second-order valence-electron chi connectivity index (χ2n) is 4.96. The maximum atomic E-state index is 13.6. The number of rotatable bonds is 5. The summed E-state index contributed by atoms with van der Waals surface area (Å²) in [5.41, 5.74) is 0.652. The topological polar surface area (TPSA) is 111 Å². The van der Waals surface area contributed by atoms with Crippen molar-refractivity contribution >= 4 is 29.1 Å². The highest BCUT2D eigenvalue weighted by atomic mass is 19.1. The van der Waals surface area contributed by atoms with Crippen LogP contribution in [0, 0.1) is 15.9 Å². The van der Waals surface area contributed by atoms with Gasteiger partial charge in [-0.2, -0.15) is 0 Å². The molecule has 0 bridgehead atoms. The van der Waals surface area contributed by atoms with Gasteiger partial charge in [0.15, 0.2) is 0 Å². The van der Waals surface area contributed by atoms with Crippen LogP contribution in [-0.4, -0.2) is 24.0 Å². The third-order valence-corrected chi connectivity index (χ3v) is 3.18. The first-order chi connectivity index (χ1) is 11.9. The molecule has 0 aliphatic rings. The highest BCUT2D eigenvalue weighted by Crippen LogP contribution is 2.20. The minimum Gasteiger partial charge on any atom is -0.453 e. The van der Waals surface area contributed by atoms with Crippen molar-refractivity contribution in [3.63, 3.8) is 0 Å². The van der Waals surface area contributed by atoms with E-state index in [4.69, 9.17) is 0 Å². The van der Waals surface area contributed by atoms with E-state index in [0.29, 0.717) is 5.56 Å². The lowest BCUT2D eigenvalue weighted by Gasteiger charge is -2.09. The molecule has 2 aromatic rings. The van der Waals surface area contributed by atoms with Crippen LogP contribution in [0.4, 0.5) is 26.2 Å². The number of halogens is 1. The summed E-state index contributed by atoms with van der Waals surface area (Å²) in [4.78, 5) is 33.2. The third kappa shape index (κ3) is 4.99. The standard InChI is InChI=1S/C16H14FN3O5/c1-25-16(22)19-14-9-11(4-7-13(14)17)18-15(21)8-10-2-5-12(6-3-10)20(23)24/h2-7,9H,8H2,1H3,(H,18,21)(H,19,22). The van der Waals surface area contributed by atoms with E-state index >= 15 is 0 Å². The summed E-state index contributed by atoms with van der Waals surface area (Å²) in [6.45, 7) is 0. The Balaban J connectivity index is 2.03. The Bertz CT molecular complexity index is 808. The number of nitro benzene ring substituents is 1. The third-order valence-electron chi connectivity index (χ3n) is 3.18. The second-order valence-corrected chi connectivity index (χ2v) is 4.96. The number of amides is 2. The van der Waals surface area contributed by atoms with Gasteiger partial charge >= 0.3 is 6.09 Å². The second kappa shape index (κ2) is 7.86. The van der Waals surface area contributed by atoms with E-state index in [2.05, 4.69) is 15.4 Å². The number of non-ortho nitro benzene ring substituents is 1. The number of hydrogen-bond donors (Lipinski definition) is 2. The van der Waals surface area contributed by atoms with Gasteiger partial charge in [-0.05, 0) is 23.8 Å². The lowest BCUT2D eigenvalue weighted by atomic mass is 10.1. The van der Waals surface area contributed by atoms with Crippen molar-refractivity contribution in [2.45, 2.75) is 6.42 Å². The van der Waals surface area contributed by atoms with Crippen molar-refractivity contribution in [3.8, 4) is 0 Å². The molecule has 0 aliphatic carbocycles. The van der Waals surface area contributed by atoms with Gasteiger partial charge in [-0.1, -0.05) is 12.1 Å². The largest absolute Gasteiger partial charge is 0.453 e. The molecule has 8 nitrogen and oxygen atoms in total. The Morgan fingerprint density at radius 1 is 1.16 bits per heavy atom. The van der Waals surface area contributed by atoms with Gasteiger partial charge in [-0.3, -0.25) is 20.2 Å². The van der Waals surface area contributed by atoms with Crippen molar-refractivity contribution in [1.29, 1.82) is 0 Å². The summed E-state index contributed by atoms with van der Waals surface area (Å²) in [6.07, 6.45) is -0.858. The highest BCUT2D eigenvalue weighted by Gasteiger charge is 2.11. The molecule has 0 radical (unpaired) electrons. The number of nitrogens with one attached hydrogen (secondary N) is 2. The van der Waals surface area contributed by atoms with E-state index < -0.39 is 22.7 Å². The summed E-state index contributed by atoms with van der Waals surface area (Å²) < 4.78 is 18.0. The van der Waals surface area contributed by atoms with Gasteiger partial charge in [-0.15, -0.1) is 0 Å². The van der Waals surface area contributed by atoms with Gasteiger partial charge in [0.2, 0.25) is 5.91 Å². The Kier molecular flexibility index (Phi) is 5.62. The summed E-state index contributed by atoms with van der Waals surface area (Å²) in [5.74, 6) is -1.08. The number of nitrogens with zero attached hydrogens (tertiary/aromatic N) is 1. The molecule has 0 atom stereocenters. The molecule has 2 amide bonds. The molecule has 0 aromatic heterocycles. The van der Waals surface area contributed by atoms with Crippen LogP contribution >= 0.6 is 0 Å². The van der Waals surface area contributed by atoms with Crippen molar-refractivity contribution in [1.82, 2.24) is 0 Å². The van der Waals surface area contributed by atoms with E-state index in [-0.39, 0.29) is 23.5 Å². The molecule has 0 saturated carbocycles. The van der Waals surface area contributed by atoms with Crippen LogP contribution in [0.25, 0.3) is 0 Å². The van der Waals surface area contributed by atoms with Crippen LogP contribution < -0.4 is 10.6 Å². The zero-order valence-electron chi connectivity index (χ0n) is 13.1. The summed E-state index contributed by atoms with van der Waals surface area (Å²) in [6, 6.07) is 9.25. The lowest BCUT2D eigenvalue weighted by Crippen LogP contribution is -2.16.